The Morgan fingerprint density at radius 3 is 2.24 bits per heavy atom. The van der Waals surface area contributed by atoms with Crippen LogP contribution in [0.2, 0.25) is 0 Å². The van der Waals surface area contributed by atoms with Gasteiger partial charge in [-0.15, -0.1) is 0 Å². The Bertz CT molecular complexity index is 800. The van der Waals surface area contributed by atoms with Gasteiger partial charge in [0.1, 0.15) is 12.4 Å². The molecule has 0 fully saturated rings. The first kappa shape index (κ1) is 17.6. The third-order valence-corrected chi connectivity index (χ3v) is 4.71. The normalized spacial score (nSPS) is 10.5. The number of anilines is 1. The summed E-state index contributed by atoms with van der Waals surface area (Å²) in [6.45, 7) is 3.52. The SMILES string of the molecule is CCc1ccc(NCc2ccc(OCc3ccccc3)c(Br)c2)cc1. The summed E-state index contributed by atoms with van der Waals surface area (Å²) in [5, 5.41) is 3.46. The van der Waals surface area contributed by atoms with Crippen molar-refractivity contribution in [2.24, 2.45) is 0 Å². The molecule has 0 unspecified atom stereocenters. The van der Waals surface area contributed by atoms with E-state index in [1.165, 1.54) is 11.1 Å². The highest BCUT2D eigenvalue weighted by Gasteiger charge is 2.04. The fourth-order valence-corrected chi connectivity index (χ4v) is 3.11. The molecule has 0 aromatic heterocycles. The van der Waals surface area contributed by atoms with E-state index >= 15 is 0 Å². The summed E-state index contributed by atoms with van der Waals surface area (Å²) in [4.78, 5) is 0. The molecule has 0 atom stereocenters. The smallest absolute Gasteiger partial charge is 0.134 e. The number of ether oxygens (including phenoxy) is 1. The zero-order chi connectivity index (χ0) is 17.5. The highest BCUT2D eigenvalue weighted by Crippen LogP contribution is 2.27. The fourth-order valence-electron chi connectivity index (χ4n) is 2.57. The quantitative estimate of drug-likeness (QED) is 0.513. The Hall–Kier alpha value is -2.26. The molecule has 0 aliphatic heterocycles. The number of nitrogens with one attached hydrogen (secondary N) is 1. The van der Waals surface area contributed by atoms with Gasteiger partial charge in [-0.25, -0.2) is 0 Å². The lowest BCUT2D eigenvalue weighted by Gasteiger charge is -2.11. The summed E-state index contributed by atoms with van der Waals surface area (Å²) in [6.07, 6.45) is 1.07. The van der Waals surface area contributed by atoms with Gasteiger partial charge in [0, 0.05) is 12.2 Å². The molecule has 3 aromatic carbocycles. The lowest BCUT2D eigenvalue weighted by atomic mass is 10.1. The number of aryl methyl sites for hydroxylation is 1. The van der Waals surface area contributed by atoms with Gasteiger partial charge in [0.15, 0.2) is 0 Å². The summed E-state index contributed by atoms with van der Waals surface area (Å²) in [7, 11) is 0. The molecule has 0 saturated carbocycles. The van der Waals surface area contributed by atoms with E-state index in [0.29, 0.717) is 6.61 Å². The number of benzene rings is 3. The van der Waals surface area contributed by atoms with Crippen molar-refractivity contribution in [3.63, 3.8) is 0 Å². The minimum Gasteiger partial charge on any atom is -0.488 e. The molecule has 0 aliphatic rings. The predicted octanol–water partition coefficient (Wildman–Crippen LogP) is 6.20. The largest absolute Gasteiger partial charge is 0.488 e. The molecule has 3 aromatic rings. The minimum atomic E-state index is 0.570. The molecule has 128 valence electrons. The van der Waals surface area contributed by atoms with Gasteiger partial charge in [0.25, 0.3) is 0 Å². The molecule has 1 N–H and O–H groups in total. The molecule has 2 nitrogen and oxygen atoms in total. The fraction of sp³-hybridized carbons (Fsp3) is 0.182. The van der Waals surface area contributed by atoms with Gasteiger partial charge in [-0.3, -0.25) is 0 Å². The van der Waals surface area contributed by atoms with Crippen LogP contribution < -0.4 is 10.1 Å². The topological polar surface area (TPSA) is 21.3 Å². The third kappa shape index (κ3) is 5.10. The van der Waals surface area contributed by atoms with Crippen molar-refractivity contribution in [3.05, 3.63) is 94.0 Å². The molecule has 3 rings (SSSR count). The first-order valence-electron chi connectivity index (χ1n) is 8.52. The van der Waals surface area contributed by atoms with E-state index in [-0.39, 0.29) is 0 Å². The summed E-state index contributed by atoms with van der Waals surface area (Å²) in [5.41, 5.74) is 4.86. The van der Waals surface area contributed by atoms with Crippen LogP contribution >= 0.6 is 15.9 Å². The predicted molar refractivity (Wildman–Crippen MR) is 108 cm³/mol. The number of hydrogen-bond acceptors (Lipinski definition) is 2. The molecular formula is C22H22BrNO. The lowest BCUT2D eigenvalue weighted by molar-refractivity contribution is 0.304. The maximum Gasteiger partial charge on any atom is 0.134 e. The second kappa shape index (κ2) is 8.72. The second-order valence-electron chi connectivity index (χ2n) is 5.94. The van der Waals surface area contributed by atoms with E-state index in [0.717, 1.165) is 34.4 Å². The van der Waals surface area contributed by atoms with Crippen LogP contribution in [0.1, 0.15) is 23.6 Å². The van der Waals surface area contributed by atoms with E-state index in [1.54, 1.807) is 0 Å². The average molecular weight is 396 g/mol. The molecule has 0 radical (unpaired) electrons. The van der Waals surface area contributed by atoms with Gasteiger partial charge in [-0.05, 0) is 63.3 Å². The summed E-state index contributed by atoms with van der Waals surface area (Å²) in [6, 6.07) is 25.0. The Morgan fingerprint density at radius 2 is 1.56 bits per heavy atom. The highest BCUT2D eigenvalue weighted by atomic mass is 79.9. The summed E-state index contributed by atoms with van der Waals surface area (Å²) >= 11 is 3.61. The van der Waals surface area contributed by atoms with Crippen molar-refractivity contribution in [2.75, 3.05) is 5.32 Å². The molecule has 0 spiro atoms. The molecule has 3 heteroatoms. The zero-order valence-corrected chi connectivity index (χ0v) is 15.9. The molecule has 0 aliphatic carbocycles. The minimum absolute atomic E-state index is 0.570. The first-order valence-corrected chi connectivity index (χ1v) is 9.32. The van der Waals surface area contributed by atoms with Gasteiger partial charge >= 0.3 is 0 Å². The van der Waals surface area contributed by atoms with E-state index in [9.17, 15) is 0 Å². The van der Waals surface area contributed by atoms with Crippen LogP contribution in [0.25, 0.3) is 0 Å². The molecule has 0 heterocycles. The Morgan fingerprint density at radius 1 is 0.840 bits per heavy atom. The van der Waals surface area contributed by atoms with Crippen LogP contribution in [0.3, 0.4) is 0 Å². The van der Waals surface area contributed by atoms with Crippen LogP contribution in [0.5, 0.6) is 5.75 Å². The second-order valence-corrected chi connectivity index (χ2v) is 6.80. The van der Waals surface area contributed by atoms with Gasteiger partial charge in [-0.1, -0.05) is 55.5 Å². The Kier molecular flexibility index (Phi) is 6.13. The van der Waals surface area contributed by atoms with E-state index in [4.69, 9.17) is 4.74 Å². The van der Waals surface area contributed by atoms with Crippen molar-refractivity contribution < 1.29 is 4.74 Å². The van der Waals surface area contributed by atoms with E-state index in [2.05, 4.69) is 76.7 Å². The molecule has 0 bridgehead atoms. The van der Waals surface area contributed by atoms with Gasteiger partial charge in [0.05, 0.1) is 4.47 Å². The van der Waals surface area contributed by atoms with Crippen LogP contribution in [0.4, 0.5) is 5.69 Å². The van der Waals surface area contributed by atoms with Crippen molar-refractivity contribution in [2.45, 2.75) is 26.5 Å². The van der Waals surface area contributed by atoms with Crippen molar-refractivity contribution in [1.82, 2.24) is 0 Å². The van der Waals surface area contributed by atoms with Crippen LogP contribution in [0, 0.1) is 0 Å². The third-order valence-electron chi connectivity index (χ3n) is 4.09. The number of hydrogen-bond donors (Lipinski definition) is 1. The summed E-state index contributed by atoms with van der Waals surface area (Å²) in [5.74, 6) is 0.861. The number of halogens is 1. The lowest BCUT2D eigenvalue weighted by Crippen LogP contribution is -2.00. The van der Waals surface area contributed by atoms with Crippen molar-refractivity contribution in [3.8, 4) is 5.75 Å². The van der Waals surface area contributed by atoms with Gasteiger partial charge in [-0.2, -0.15) is 0 Å². The Labute approximate surface area is 158 Å². The average Bonchev–Trinajstić information content (AvgIpc) is 2.67. The van der Waals surface area contributed by atoms with Gasteiger partial charge < -0.3 is 10.1 Å². The maximum absolute atomic E-state index is 5.90. The zero-order valence-electron chi connectivity index (χ0n) is 14.3. The van der Waals surface area contributed by atoms with Crippen molar-refractivity contribution in [1.29, 1.82) is 0 Å². The van der Waals surface area contributed by atoms with Crippen LogP contribution in [0.15, 0.2) is 77.3 Å². The highest BCUT2D eigenvalue weighted by molar-refractivity contribution is 9.10. The van der Waals surface area contributed by atoms with Crippen molar-refractivity contribution >= 4 is 21.6 Å². The monoisotopic (exact) mass is 395 g/mol. The molecule has 25 heavy (non-hydrogen) atoms. The van der Waals surface area contributed by atoms with E-state index < -0.39 is 0 Å². The molecule has 0 amide bonds. The molecular weight excluding hydrogens is 374 g/mol. The van der Waals surface area contributed by atoms with Gasteiger partial charge in [0.2, 0.25) is 0 Å². The van der Waals surface area contributed by atoms with E-state index in [1.807, 2.05) is 24.3 Å². The standard InChI is InChI=1S/C22H22BrNO/c1-2-17-8-11-20(12-9-17)24-15-19-10-13-22(21(23)14-19)25-16-18-6-4-3-5-7-18/h3-14,24H,2,15-16H2,1H3. The Balaban J connectivity index is 1.57. The number of rotatable bonds is 7. The summed E-state index contributed by atoms with van der Waals surface area (Å²) < 4.78 is 6.87. The first-order chi connectivity index (χ1) is 12.2. The maximum atomic E-state index is 5.90. The van der Waals surface area contributed by atoms with Crippen LogP contribution in [-0.2, 0) is 19.6 Å². The molecule has 0 saturated heterocycles. The van der Waals surface area contributed by atoms with Crippen LogP contribution in [-0.4, -0.2) is 0 Å².